The van der Waals surface area contributed by atoms with E-state index < -0.39 is 0 Å². The third-order valence-electron chi connectivity index (χ3n) is 2.77. The lowest BCUT2D eigenvalue weighted by molar-refractivity contribution is 0.503. The van der Waals surface area contributed by atoms with Gasteiger partial charge in [0.1, 0.15) is 0 Å². The zero-order chi connectivity index (χ0) is 9.90. The minimum atomic E-state index is 0.242. The van der Waals surface area contributed by atoms with E-state index in [2.05, 4.69) is 39.0 Å². The van der Waals surface area contributed by atoms with Gasteiger partial charge in [-0.05, 0) is 23.0 Å². The maximum atomic E-state index is 5.90. The van der Waals surface area contributed by atoms with Crippen LogP contribution < -0.4 is 0 Å². The maximum Gasteiger partial charge on any atom is 0.0477 e. The van der Waals surface area contributed by atoms with E-state index in [9.17, 15) is 0 Å². The van der Waals surface area contributed by atoms with Gasteiger partial charge in [-0.3, -0.25) is 0 Å². The molecule has 0 aromatic heterocycles. The van der Waals surface area contributed by atoms with Gasteiger partial charge in [0.05, 0.1) is 0 Å². The molecule has 0 radical (unpaired) electrons. The van der Waals surface area contributed by atoms with Crippen LogP contribution in [0.2, 0.25) is 0 Å². The van der Waals surface area contributed by atoms with Gasteiger partial charge in [-0.25, -0.2) is 0 Å². The Labute approximate surface area is 85.9 Å². The molecule has 72 valence electrons. The van der Waals surface area contributed by atoms with E-state index in [0.29, 0.717) is 5.88 Å². The summed E-state index contributed by atoms with van der Waals surface area (Å²) >= 11 is 5.90. The molecule has 0 atom stereocenters. The third-order valence-corrected chi connectivity index (χ3v) is 3.06. The molecule has 1 rings (SSSR count). The van der Waals surface area contributed by atoms with Gasteiger partial charge in [-0.2, -0.15) is 0 Å². The van der Waals surface area contributed by atoms with Crippen molar-refractivity contribution in [2.24, 2.45) is 0 Å². The molecule has 0 unspecified atom stereocenters. The van der Waals surface area contributed by atoms with Crippen molar-refractivity contribution in [2.75, 3.05) is 0 Å². The first-order valence-electron chi connectivity index (χ1n) is 4.76. The van der Waals surface area contributed by atoms with Crippen LogP contribution in [0.25, 0.3) is 0 Å². The Morgan fingerprint density at radius 2 is 1.85 bits per heavy atom. The standard InChI is InChI=1S/C12H17Cl/c1-4-12(2,3)11-8-6-5-7-10(11)9-13/h5-8H,4,9H2,1-3H3. The van der Waals surface area contributed by atoms with Gasteiger partial charge in [-0.15, -0.1) is 11.6 Å². The second-order valence-electron chi connectivity index (χ2n) is 4.03. The van der Waals surface area contributed by atoms with Crippen molar-refractivity contribution < 1.29 is 0 Å². The van der Waals surface area contributed by atoms with Crippen LogP contribution in [0.4, 0.5) is 0 Å². The molecular weight excluding hydrogens is 180 g/mol. The lowest BCUT2D eigenvalue weighted by atomic mass is 9.80. The molecule has 0 N–H and O–H groups in total. The van der Waals surface area contributed by atoms with Gasteiger partial charge in [0.2, 0.25) is 0 Å². The van der Waals surface area contributed by atoms with Crippen LogP contribution in [0.15, 0.2) is 24.3 Å². The van der Waals surface area contributed by atoms with E-state index in [4.69, 9.17) is 11.6 Å². The highest BCUT2D eigenvalue weighted by molar-refractivity contribution is 6.17. The van der Waals surface area contributed by atoms with Crippen molar-refractivity contribution in [1.29, 1.82) is 0 Å². The molecule has 0 saturated heterocycles. The largest absolute Gasteiger partial charge is 0.122 e. The van der Waals surface area contributed by atoms with Crippen LogP contribution in [-0.2, 0) is 11.3 Å². The molecule has 1 heteroatoms. The zero-order valence-corrected chi connectivity index (χ0v) is 9.36. The van der Waals surface area contributed by atoms with Gasteiger partial charge < -0.3 is 0 Å². The molecular formula is C12H17Cl. The normalized spacial score (nSPS) is 11.7. The monoisotopic (exact) mass is 196 g/mol. The van der Waals surface area contributed by atoms with E-state index in [1.807, 2.05) is 6.07 Å². The van der Waals surface area contributed by atoms with E-state index in [1.54, 1.807) is 0 Å². The molecule has 1 aromatic rings. The minimum absolute atomic E-state index is 0.242. The fourth-order valence-electron chi connectivity index (χ4n) is 1.49. The number of halogens is 1. The summed E-state index contributed by atoms with van der Waals surface area (Å²) in [5, 5.41) is 0. The second-order valence-corrected chi connectivity index (χ2v) is 4.30. The molecule has 0 spiro atoms. The Bertz CT molecular complexity index is 276. The third kappa shape index (κ3) is 2.25. The Morgan fingerprint density at radius 3 is 2.38 bits per heavy atom. The summed E-state index contributed by atoms with van der Waals surface area (Å²) in [6.45, 7) is 6.74. The van der Waals surface area contributed by atoms with Crippen LogP contribution in [0.5, 0.6) is 0 Å². The molecule has 0 bridgehead atoms. The van der Waals surface area contributed by atoms with Crippen LogP contribution in [0.3, 0.4) is 0 Å². The summed E-state index contributed by atoms with van der Waals surface area (Å²) in [7, 11) is 0. The van der Waals surface area contributed by atoms with E-state index in [-0.39, 0.29) is 5.41 Å². The Morgan fingerprint density at radius 1 is 1.23 bits per heavy atom. The van der Waals surface area contributed by atoms with Crippen LogP contribution in [-0.4, -0.2) is 0 Å². The Balaban J connectivity index is 3.12. The first-order valence-corrected chi connectivity index (χ1v) is 5.29. The maximum absolute atomic E-state index is 5.90. The van der Waals surface area contributed by atoms with Crippen molar-refractivity contribution in [1.82, 2.24) is 0 Å². The van der Waals surface area contributed by atoms with E-state index in [0.717, 1.165) is 6.42 Å². The number of benzene rings is 1. The molecule has 0 amide bonds. The number of hydrogen-bond donors (Lipinski definition) is 0. The molecule has 0 aliphatic rings. The minimum Gasteiger partial charge on any atom is -0.122 e. The SMILES string of the molecule is CCC(C)(C)c1ccccc1CCl. The predicted octanol–water partition coefficient (Wildman–Crippen LogP) is 4.11. The highest BCUT2D eigenvalue weighted by Crippen LogP contribution is 2.30. The van der Waals surface area contributed by atoms with Crippen LogP contribution >= 0.6 is 11.6 Å². The molecule has 0 fully saturated rings. The average molecular weight is 197 g/mol. The molecule has 1 aromatic carbocycles. The van der Waals surface area contributed by atoms with E-state index >= 15 is 0 Å². The van der Waals surface area contributed by atoms with Gasteiger partial charge >= 0.3 is 0 Å². The van der Waals surface area contributed by atoms with Gasteiger partial charge in [-0.1, -0.05) is 45.0 Å². The first kappa shape index (κ1) is 10.6. The van der Waals surface area contributed by atoms with Gasteiger partial charge in [0, 0.05) is 5.88 Å². The summed E-state index contributed by atoms with van der Waals surface area (Å²) in [6.07, 6.45) is 1.14. The van der Waals surface area contributed by atoms with Crippen LogP contribution in [0, 0.1) is 0 Å². The average Bonchev–Trinajstić information content (AvgIpc) is 2.18. The molecule has 13 heavy (non-hydrogen) atoms. The van der Waals surface area contributed by atoms with E-state index in [1.165, 1.54) is 11.1 Å². The molecule has 0 aliphatic carbocycles. The second kappa shape index (κ2) is 4.15. The topological polar surface area (TPSA) is 0 Å². The van der Waals surface area contributed by atoms with Crippen molar-refractivity contribution in [3.63, 3.8) is 0 Å². The quantitative estimate of drug-likeness (QED) is 0.639. The Kier molecular flexibility index (Phi) is 3.38. The van der Waals surface area contributed by atoms with Gasteiger partial charge in [0.15, 0.2) is 0 Å². The predicted molar refractivity (Wildman–Crippen MR) is 59.3 cm³/mol. The highest BCUT2D eigenvalue weighted by Gasteiger charge is 2.20. The van der Waals surface area contributed by atoms with Crippen molar-refractivity contribution in [3.8, 4) is 0 Å². The summed E-state index contributed by atoms with van der Waals surface area (Å²) in [5.74, 6) is 0.611. The number of rotatable bonds is 3. The van der Waals surface area contributed by atoms with Crippen LogP contribution in [0.1, 0.15) is 38.3 Å². The first-order chi connectivity index (χ1) is 6.11. The summed E-state index contributed by atoms with van der Waals surface area (Å²) in [5.41, 5.74) is 2.88. The fourth-order valence-corrected chi connectivity index (χ4v) is 1.72. The molecule has 0 heterocycles. The summed E-state index contributed by atoms with van der Waals surface area (Å²) in [4.78, 5) is 0. The lowest BCUT2D eigenvalue weighted by Gasteiger charge is -2.25. The fraction of sp³-hybridized carbons (Fsp3) is 0.500. The Hall–Kier alpha value is -0.490. The smallest absolute Gasteiger partial charge is 0.0477 e. The lowest BCUT2D eigenvalue weighted by Crippen LogP contribution is -2.17. The van der Waals surface area contributed by atoms with Crippen molar-refractivity contribution >= 4 is 11.6 Å². The molecule has 0 aliphatic heterocycles. The van der Waals surface area contributed by atoms with Crippen molar-refractivity contribution in [3.05, 3.63) is 35.4 Å². The molecule has 0 nitrogen and oxygen atoms in total. The zero-order valence-electron chi connectivity index (χ0n) is 8.60. The highest BCUT2D eigenvalue weighted by atomic mass is 35.5. The summed E-state index contributed by atoms with van der Waals surface area (Å²) < 4.78 is 0. The van der Waals surface area contributed by atoms with Crippen molar-refractivity contribution in [2.45, 2.75) is 38.5 Å². The number of hydrogen-bond acceptors (Lipinski definition) is 0. The molecule has 0 saturated carbocycles. The summed E-state index contributed by atoms with van der Waals surface area (Å²) in [6, 6.07) is 8.43. The number of alkyl halides is 1. The van der Waals surface area contributed by atoms with Gasteiger partial charge in [0.25, 0.3) is 0 Å².